The number of aryl methyl sites for hydroxylation is 7. The van der Waals surface area contributed by atoms with Gasteiger partial charge in [0.1, 0.15) is 0 Å². The van der Waals surface area contributed by atoms with Crippen LogP contribution < -0.4 is 10.5 Å². The molecular weight excluding hydrogens is 726 g/mol. The van der Waals surface area contributed by atoms with E-state index in [0.29, 0.717) is 10.5 Å². The summed E-state index contributed by atoms with van der Waals surface area (Å²) in [5.41, 5.74) is 6.03. The van der Waals surface area contributed by atoms with Crippen molar-refractivity contribution in [3.63, 3.8) is 0 Å². The molecule has 0 amide bonds. The molecule has 6 nitrogen and oxygen atoms in total. The molecule has 0 unspecified atom stereocenters. The van der Waals surface area contributed by atoms with E-state index >= 15 is 0 Å². The van der Waals surface area contributed by atoms with Gasteiger partial charge in [0, 0.05) is 0 Å². The summed E-state index contributed by atoms with van der Waals surface area (Å²) in [6.07, 6.45) is 0. The maximum atomic E-state index is 14.7. The summed E-state index contributed by atoms with van der Waals surface area (Å²) >= 11 is -6.74. The molecule has 0 atom stereocenters. The van der Waals surface area contributed by atoms with Crippen molar-refractivity contribution >= 4 is 49.0 Å². The summed E-state index contributed by atoms with van der Waals surface area (Å²) < 4.78 is 73.4. The quantitative estimate of drug-likeness (QED) is 0.170. The van der Waals surface area contributed by atoms with Gasteiger partial charge in [-0.15, -0.1) is 0 Å². The summed E-state index contributed by atoms with van der Waals surface area (Å²) in [6.45, 7) is 13.1. The predicted octanol–water partition coefficient (Wildman–Crippen LogP) is 6.07. The Labute approximate surface area is 275 Å². The first kappa shape index (κ1) is 34.1. The van der Waals surface area contributed by atoms with Crippen LogP contribution in [0.1, 0.15) is 38.9 Å². The zero-order valence-electron chi connectivity index (χ0n) is 27.1. The van der Waals surface area contributed by atoms with Gasteiger partial charge in [0.25, 0.3) is 0 Å². The molecule has 5 rings (SSSR count). The molecule has 0 fully saturated rings. The zero-order chi connectivity index (χ0) is 33.5. The number of hydrogen-bond donors (Lipinski definition) is 0. The molecule has 0 aliphatic rings. The monoisotopic (exact) mass is 764 g/mol. The normalized spacial score (nSPS) is 13.2. The van der Waals surface area contributed by atoms with Crippen molar-refractivity contribution in [3.8, 4) is 0 Å². The third kappa shape index (κ3) is 6.09. The second-order valence-corrected chi connectivity index (χ2v) is 27.5. The molecule has 46 heavy (non-hydrogen) atoms. The van der Waals surface area contributed by atoms with Crippen molar-refractivity contribution in [2.45, 2.75) is 58.3 Å². The van der Waals surface area contributed by atoms with Crippen molar-refractivity contribution in [3.05, 3.63) is 148 Å². The topological polar surface area (TPSA) is 86.7 Å². The average molecular weight is 766 g/mol. The molecule has 5 aromatic carbocycles. The molecule has 0 N–H and O–H groups in total. The van der Waals surface area contributed by atoms with E-state index < -0.39 is 38.5 Å². The Hall–Kier alpha value is -3.26. The molecule has 0 bridgehead atoms. The van der Waals surface area contributed by atoms with E-state index in [1.54, 1.807) is 60.7 Å². The van der Waals surface area contributed by atoms with Gasteiger partial charge in [-0.2, -0.15) is 0 Å². The second kappa shape index (κ2) is 12.4. The van der Waals surface area contributed by atoms with Gasteiger partial charge in [0.15, 0.2) is 0 Å². The first-order valence-corrected chi connectivity index (χ1v) is 23.6. The van der Waals surface area contributed by atoms with Crippen LogP contribution in [0, 0.1) is 48.5 Å². The van der Waals surface area contributed by atoms with Crippen LogP contribution in [0.25, 0.3) is 0 Å². The first-order valence-electron chi connectivity index (χ1n) is 14.9. The molecule has 240 valence electrons. The summed E-state index contributed by atoms with van der Waals surface area (Å²) in [5, 5.41) is 0. The van der Waals surface area contributed by atoms with Gasteiger partial charge in [-0.25, -0.2) is 0 Å². The molecule has 0 spiro atoms. The Balaban J connectivity index is 2.00. The SMILES string of the molecule is Cc1cc[c]([Sb]([O]S(=O)(=O)c2ccc(C)c(C)c2)([O]S(=O)(=O)c2ccc(C)c(C)c2)([c]2ccc(C)cc2)[c]2ccc(C)cc2)cc1. The summed E-state index contributed by atoms with van der Waals surface area (Å²) in [4.78, 5) is -0.181. The van der Waals surface area contributed by atoms with Crippen LogP contribution in [0.2, 0.25) is 0 Å². The molecule has 0 saturated carbocycles. The number of rotatable bonds is 9. The fourth-order valence-electron chi connectivity index (χ4n) is 5.36. The first-order chi connectivity index (χ1) is 21.6. The summed E-state index contributed by atoms with van der Waals surface area (Å²) in [7, 11) is -9.32. The van der Waals surface area contributed by atoms with E-state index in [4.69, 9.17) is 4.92 Å². The van der Waals surface area contributed by atoms with Crippen LogP contribution in [0.3, 0.4) is 0 Å². The third-order valence-electron chi connectivity index (χ3n) is 8.52. The third-order valence-corrected chi connectivity index (χ3v) is 30.0. The molecule has 9 heteroatoms. The minimum atomic E-state index is -6.74. The van der Waals surface area contributed by atoms with Crippen molar-refractivity contribution < 1.29 is 21.8 Å². The molecule has 0 aliphatic carbocycles. The van der Waals surface area contributed by atoms with Crippen molar-refractivity contribution in [2.24, 2.45) is 0 Å². The van der Waals surface area contributed by atoms with Gasteiger partial charge in [0.05, 0.1) is 0 Å². The van der Waals surface area contributed by atoms with E-state index in [1.807, 2.05) is 84.9 Å². The standard InChI is InChI=1S/2C8H10O3S.3C7H7.Sb/c2*1-6-3-4-8(5-7(6)2)12(9,10)11;3*1-7-5-3-2-4-6-7;/h2*3-5H,1-2H3,(H,9,10,11);3*3-6H,1H3;/q;;;;;+2/p-2. The Kier molecular flexibility index (Phi) is 9.19. The number of benzene rings is 5. The molecule has 0 aromatic heterocycles. The Morgan fingerprint density at radius 2 is 0.674 bits per heavy atom. The van der Waals surface area contributed by atoms with Crippen LogP contribution >= 0.6 is 0 Å². The van der Waals surface area contributed by atoms with Gasteiger partial charge >= 0.3 is 277 Å². The van der Waals surface area contributed by atoms with Gasteiger partial charge in [-0.1, -0.05) is 0 Å². The predicted molar refractivity (Wildman–Crippen MR) is 187 cm³/mol. The van der Waals surface area contributed by atoms with Crippen LogP contribution in [-0.4, -0.2) is 35.1 Å². The Bertz CT molecular complexity index is 1940. The van der Waals surface area contributed by atoms with Gasteiger partial charge in [-0.3, -0.25) is 0 Å². The summed E-state index contributed by atoms with van der Waals surface area (Å²) in [6, 6.07) is 30.8. The molecular formula is C37H39O6S2Sb. The molecule has 0 aliphatic heterocycles. The Morgan fingerprint density at radius 3 is 0.935 bits per heavy atom. The fourth-order valence-corrected chi connectivity index (χ4v) is 29.4. The van der Waals surface area contributed by atoms with Crippen molar-refractivity contribution in [1.29, 1.82) is 0 Å². The molecule has 0 saturated heterocycles. The number of hydrogen-bond acceptors (Lipinski definition) is 6. The summed E-state index contributed by atoms with van der Waals surface area (Å²) in [5.74, 6) is 0. The second-order valence-electron chi connectivity index (χ2n) is 12.0. The van der Waals surface area contributed by atoms with E-state index in [0.717, 1.165) is 38.9 Å². The van der Waals surface area contributed by atoms with E-state index in [-0.39, 0.29) is 9.79 Å². The van der Waals surface area contributed by atoms with E-state index in [9.17, 15) is 16.8 Å². The van der Waals surface area contributed by atoms with Crippen molar-refractivity contribution in [2.75, 3.05) is 0 Å². The van der Waals surface area contributed by atoms with Crippen LogP contribution in [0.15, 0.2) is 119 Å². The minimum absolute atomic E-state index is 0.0905. The zero-order valence-corrected chi connectivity index (χ0v) is 31.3. The van der Waals surface area contributed by atoms with Gasteiger partial charge < -0.3 is 0 Å². The van der Waals surface area contributed by atoms with Crippen LogP contribution in [0.5, 0.6) is 0 Å². The van der Waals surface area contributed by atoms with Gasteiger partial charge in [-0.05, 0) is 0 Å². The Morgan fingerprint density at radius 1 is 0.391 bits per heavy atom. The van der Waals surface area contributed by atoms with E-state index in [1.165, 1.54) is 12.1 Å². The fraction of sp³-hybridized carbons (Fsp3) is 0.189. The molecule has 0 heterocycles. The van der Waals surface area contributed by atoms with Crippen molar-refractivity contribution in [1.82, 2.24) is 0 Å². The average Bonchev–Trinajstić information content (AvgIpc) is 3.00. The molecule has 0 radical (unpaired) electrons. The van der Waals surface area contributed by atoms with Gasteiger partial charge in [0.2, 0.25) is 0 Å². The van der Waals surface area contributed by atoms with E-state index in [2.05, 4.69) is 0 Å². The van der Waals surface area contributed by atoms with Crippen LogP contribution in [0.4, 0.5) is 0 Å². The maximum absolute atomic E-state index is 14.7. The van der Waals surface area contributed by atoms with Crippen LogP contribution in [-0.2, 0) is 25.2 Å². The molecule has 5 aromatic rings.